The van der Waals surface area contributed by atoms with Gasteiger partial charge in [0, 0.05) is 10.7 Å². The van der Waals surface area contributed by atoms with E-state index in [1.54, 1.807) is 0 Å². The van der Waals surface area contributed by atoms with Gasteiger partial charge in [-0.3, -0.25) is 16.3 Å². The van der Waals surface area contributed by atoms with E-state index in [0.29, 0.717) is 5.92 Å². The Hall–Kier alpha value is -0.450. The molecule has 3 nitrogen and oxygen atoms in total. The molecule has 1 unspecified atom stereocenters. The number of aromatic nitrogens is 1. The third-order valence-electron chi connectivity index (χ3n) is 4.20. The Balaban J connectivity index is 2.08. The molecule has 100 valence electrons. The zero-order chi connectivity index (χ0) is 13.0. The van der Waals surface area contributed by atoms with Crippen molar-refractivity contribution in [2.24, 2.45) is 17.7 Å². The Morgan fingerprint density at radius 2 is 2.17 bits per heavy atom. The molecule has 1 aromatic rings. The Morgan fingerprint density at radius 3 is 2.72 bits per heavy atom. The molecule has 0 radical (unpaired) electrons. The number of nitrogens with two attached hydrogens (primary N) is 1. The topological polar surface area (TPSA) is 50.9 Å². The molecule has 0 aliphatic heterocycles. The van der Waals surface area contributed by atoms with Crippen molar-refractivity contribution < 1.29 is 0 Å². The number of rotatable bonds is 4. The SMILES string of the molecule is CCC1CCC(C(NN)c2ncccc2Br)CC1. The number of hydrogen-bond acceptors (Lipinski definition) is 3. The summed E-state index contributed by atoms with van der Waals surface area (Å²) >= 11 is 3.57. The fraction of sp³-hybridized carbons (Fsp3) is 0.643. The molecule has 3 N–H and O–H groups in total. The highest BCUT2D eigenvalue weighted by molar-refractivity contribution is 9.10. The van der Waals surface area contributed by atoms with Crippen LogP contribution in [0.25, 0.3) is 0 Å². The van der Waals surface area contributed by atoms with Gasteiger partial charge in [-0.1, -0.05) is 26.2 Å². The number of hydrogen-bond donors (Lipinski definition) is 2. The summed E-state index contributed by atoms with van der Waals surface area (Å²) in [7, 11) is 0. The number of halogens is 1. The summed E-state index contributed by atoms with van der Waals surface area (Å²) in [6.07, 6.45) is 8.28. The molecule has 2 rings (SSSR count). The Bertz CT molecular complexity index is 375. The molecule has 4 heteroatoms. The van der Waals surface area contributed by atoms with Crippen molar-refractivity contribution in [1.29, 1.82) is 0 Å². The molecule has 1 saturated carbocycles. The molecule has 1 heterocycles. The third kappa shape index (κ3) is 3.11. The van der Waals surface area contributed by atoms with Crippen molar-refractivity contribution in [2.45, 2.75) is 45.1 Å². The molecule has 1 fully saturated rings. The lowest BCUT2D eigenvalue weighted by atomic mass is 9.77. The molecule has 0 saturated heterocycles. The first-order valence-corrected chi connectivity index (χ1v) is 7.62. The van der Waals surface area contributed by atoms with Crippen LogP contribution in [0.2, 0.25) is 0 Å². The summed E-state index contributed by atoms with van der Waals surface area (Å²) in [5, 5.41) is 0. The molecule has 1 atom stereocenters. The van der Waals surface area contributed by atoms with Crippen LogP contribution in [0.1, 0.15) is 50.8 Å². The predicted octanol–water partition coefficient (Wildman–Crippen LogP) is 3.56. The lowest BCUT2D eigenvalue weighted by Crippen LogP contribution is -2.36. The van der Waals surface area contributed by atoms with Gasteiger partial charge in [0.15, 0.2) is 0 Å². The fourth-order valence-corrected chi connectivity index (χ4v) is 3.50. The fourth-order valence-electron chi connectivity index (χ4n) is 2.99. The standard InChI is InChI=1S/C14H22BrN3/c1-2-10-5-7-11(8-6-10)13(18-16)14-12(15)4-3-9-17-14/h3-4,9-11,13,18H,2,5-8,16H2,1H3. The molecule has 0 spiro atoms. The smallest absolute Gasteiger partial charge is 0.0731 e. The van der Waals surface area contributed by atoms with Gasteiger partial charge in [-0.15, -0.1) is 0 Å². The second-order valence-corrected chi connectivity index (χ2v) is 6.06. The van der Waals surface area contributed by atoms with E-state index in [1.807, 2.05) is 18.3 Å². The Kier molecular flexibility index (Phi) is 5.15. The van der Waals surface area contributed by atoms with Gasteiger partial charge in [-0.25, -0.2) is 0 Å². The summed E-state index contributed by atoms with van der Waals surface area (Å²) in [4.78, 5) is 4.47. The van der Waals surface area contributed by atoms with E-state index < -0.39 is 0 Å². The summed E-state index contributed by atoms with van der Waals surface area (Å²) in [6.45, 7) is 2.29. The predicted molar refractivity (Wildman–Crippen MR) is 77.7 cm³/mol. The van der Waals surface area contributed by atoms with Crippen LogP contribution in [0.5, 0.6) is 0 Å². The first-order chi connectivity index (χ1) is 8.76. The maximum absolute atomic E-state index is 5.76. The second kappa shape index (κ2) is 6.64. The van der Waals surface area contributed by atoms with E-state index >= 15 is 0 Å². The van der Waals surface area contributed by atoms with Crippen LogP contribution in [-0.4, -0.2) is 4.98 Å². The van der Waals surface area contributed by atoms with Crippen molar-refractivity contribution in [3.05, 3.63) is 28.5 Å². The van der Waals surface area contributed by atoms with Crippen LogP contribution >= 0.6 is 15.9 Å². The summed E-state index contributed by atoms with van der Waals surface area (Å²) in [6, 6.07) is 4.14. The van der Waals surface area contributed by atoms with Gasteiger partial charge in [-0.2, -0.15) is 0 Å². The highest BCUT2D eigenvalue weighted by Crippen LogP contribution is 2.38. The van der Waals surface area contributed by atoms with Gasteiger partial charge in [0.05, 0.1) is 11.7 Å². The highest BCUT2D eigenvalue weighted by Gasteiger charge is 2.29. The summed E-state index contributed by atoms with van der Waals surface area (Å²) in [5.41, 5.74) is 4.01. The average molecular weight is 312 g/mol. The number of nitrogens with one attached hydrogen (secondary N) is 1. The largest absolute Gasteiger partial charge is 0.271 e. The Labute approximate surface area is 118 Å². The summed E-state index contributed by atoms with van der Waals surface area (Å²) < 4.78 is 1.05. The van der Waals surface area contributed by atoms with Crippen molar-refractivity contribution in [3.8, 4) is 0 Å². The van der Waals surface area contributed by atoms with Crippen molar-refractivity contribution >= 4 is 15.9 Å². The van der Waals surface area contributed by atoms with E-state index in [2.05, 4.69) is 33.3 Å². The maximum Gasteiger partial charge on any atom is 0.0731 e. The first kappa shape index (κ1) is 14.0. The molecule has 0 aromatic carbocycles. The van der Waals surface area contributed by atoms with Gasteiger partial charge < -0.3 is 0 Å². The quantitative estimate of drug-likeness (QED) is 0.660. The van der Waals surface area contributed by atoms with E-state index in [-0.39, 0.29) is 6.04 Å². The van der Waals surface area contributed by atoms with Crippen molar-refractivity contribution in [1.82, 2.24) is 10.4 Å². The minimum Gasteiger partial charge on any atom is -0.271 e. The van der Waals surface area contributed by atoms with Crippen LogP contribution in [-0.2, 0) is 0 Å². The molecule has 0 amide bonds. The minimum atomic E-state index is 0.165. The van der Waals surface area contributed by atoms with Crippen LogP contribution in [0.4, 0.5) is 0 Å². The van der Waals surface area contributed by atoms with Crippen LogP contribution in [0, 0.1) is 11.8 Å². The molecule has 18 heavy (non-hydrogen) atoms. The van der Waals surface area contributed by atoms with E-state index in [1.165, 1.54) is 32.1 Å². The van der Waals surface area contributed by atoms with Crippen LogP contribution < -0.4 is 11.3 Å². The van der Waals surface area contributed by atoms with Crippen LogP contribution in [0.15, 0.2) is 22.8 Å². The van der Waals surface area contributed by atoms with E-state index in [9.17, 15) is 0 Å². The number of pyridine rings is 1. The Morgan fingerprint density at radius 1 is 1.44 bits per heavy atom. The van der Waals surface area contributed by atoms with E-state index in [4.69, 9.17) is 5.84 Å². The van der Waals surface area contributed by atoms with Crippen molar-refractivity contribution in [3.63, 3.8) is 0 Å². The molecule has 1 aliphatic carbocycles. The second-order valence-electron chi connectivity index (χ2n) is 5.20. The molecule has 1 aromatic heterocycles. The molecular formula is C14H22BrN3. The van der Waals surface area contributed by atoms with Crippen molar-refractivity contribution in [2.75, 3.05) is 0 Å². The van der Waals surface area contributed by atoms with Crippen LogP contribution in [0.3, 0.4) is 0 Å². The summed E-state index contributed by atoms with van der Waals surface area (Å²) in [5.74, 6) is 7.27. The van der Waals surface area contributed by atoms with Gasteiger partial charge in [-0.05, 0) is 52.7 Å². The normalized spacial score (nSPS) is 25.9. The lowest BCUT2D eigenvalue weighted by Gasteiger charge is -2.33. The van der Waals surface area contributed by atoms with Gasteiger partial charge in [0.25, 0.3) is 0 Å². The minimum absolute atomic E-state index is 0.165. The third-order valence-corrected chi connectivity index (χ3v) is 4.87. The van der Waals surface area contributed by atoms with E-state index in [0.717, 1.165) is 16.1 Å². The first-order valence-electron chi connectivity index (χ1n) is 6.82. The monoisotopic (exact) mass is 311 g/mol. The highest BCUT2D eigenvalue weighted by atomic mass is 79.9. The van der Waals surface area contributed by atoms with Gasteiger partial charge in [0.2, 0.25) is 0 Å². The van der Waals surface area contributed by atoms with Gasteiger partial charge >= 0.3 is 0 Å². The zero-order valence-corrected chi connectivity index (χ0v) is 12.5. The number of nitrogens with zero attached hydrogens (tertiary/aromatic N) is 1. The molecule has 1 aliphatic rings. The average Bonchev–Trinajstić information content (AvgIpc) is 2.42. The molecule has 0 bridgehead atoms. The van der Waals surface area contributed by atoms with Gasteiger partial charge in [0.1, 0.15) is 0 Å². The lowest BCUT2D eigenvalue weighted by molar-refractivity contribution is 0.216. The maximum atomic E-state index is 5.76. The zero-order valence-electron chi connectivity index (χ0n) is 10.9. The molecular weight excluding hydrogens is 290 g/mol. The number of hydrazine groups is 1.